The third-order valence-electron chi connectivity index (χ3n) is 5.20. The lowest BCUT2D eigenvalue weighted by atomic mass is 10.1. The molecule has 6 nitrogen and oxygen atoms in total. The van der Waals surface area contributed by atoms with E-state index < -0.39 is 12.1 Å². The smallest absolute Gasteiger partial charge is 0.333 e. The Morgan fingerprint density at radius 1 is 0.818 bits per heavy atom. The fraction of sp³-hybridized carbons (Fsp3) is 0.296. The lowest BCUT2D eigenvalue weighted by Crippen LogP contribution is -2.24. The molecule has 0 radical (unpaired) electrons. The zero-order valence-corrected chi connectivity index (χ0v) is 19.0. The quantitative estimate of drug-likeness (QED) is 0.378. The molecule has 1 unspecified atom stereocenters. The summed E-state index contributed by atoms with van der Waals surface area (Å²) >= 11 is 0. The van der Waals surface area contributed by atoms with Gasteiger partial charge >= 0.3 is 5.97 Å². The monoisotopic (exact) mass is 450 g/mol. The number of hydrogen-bond donors (Lipinski definition) is 1. The maximum Gasteiger partial charge on any atom is 0.333 e. The van der Waals surface area contributed by atoms with Gasteiger partial charge in [-0.15, -0.1) is 0 Å². The van der Waals surface area contributed by atoms with Gasteiger partial charge in [0.1, 0.15) is 5.75 Å². The molecule has 33 heavy (non-hydrogen) atoms. The molecule has 0 amide bonds. The number of carboxylic acids is 1. The first-order valence-electron chi connectivity index (χ1n) is 10.9. The van der Waals surface area contributed by atoms with Crippen molar-refractivity contribution in [2.75, 3.05) is 27.4 Å². The Hall–Kier alpha value is -3.51. The highest BCUT2D eigenvalue weighted by Crippen LogP contribution is 2.29. The largest absolute Gasteiger partial charge is 0.493 e. The van der Waals surface area contributed by atoms with Gasteiger partial charge in [0.2, 0.25) is 0 Å². The molecule has 174 valence electrons. The van der Waals surface area contributed by atoms with Crippen LogP contribution in [-0.4, -0.2) is 44.6 Å². The van der Waals surface area contributed by atoms with E-state index >= 15 is 0 Å². The van der Waals surface area contributed by atoms with E-state index in [2.05, 4.69) is 36.4 Å². The van der Waals surface area contributed by atoms with Crippen molar-refractivity contribution in [3.63, 3.8) is 0 Å². The number of benzene rings is 3. The van der Waals surface area contributed by atoms with Crippen molar-refractivity contribution in [2.24, 2.45) is 0 Å². The van der Waals surface area contributed by atoms with Crippen LogP contribution in [0.2, 0.25) is 0 Å². The Balaban J connectivity index is 1.42. The van der Waals surface area contributed by atoms with Crippen LogP contribution in [0.15, 0.2) is 72.8 Å². The van der Waals surface area contributed by atoms with Gasteiger partial charge in [-0.1, -0.05) is 48.5 Å². The van der Waals surface area contributed by atoms with Gasteiger partial charge in [-0.3, -0.25) is 0 Å². The zero-order chi connectivity index (χ0) is 23.5. The van der Waals surface area contributed by atoms with Gasteiger partial charge < -0.3 is 24.1 Å². The number of ether oxygens (including phenoxy) is 4. The van der Waals surface area contributed by atoms with Crippen molar-refractivity contribution in [3.8, 4) is 17.2 Å². The summed E-state index contributed by atoms with van der Waals surface area (Å²) in [6.07, 6.45) is 0.964. The maximum absolute atomic E-state index is 11.2. The molecule has 0 bridgehead atoms. The minimum absolute atomic E-state index is 0.250. The molecule has 0 fully saturated rings. The van der Waals surface area contributed by atoms with Crippen molar-refractivity contribution in [3.05, 3.63) is 89.5 Å². The molecule has 0 spiro atoms. The van der Waals surface area contributed by atoms with E-state index in [0.717, 1.165) is 17.7 Å². The van der Waals surface area contributed by atoms with Gasteiger partial charge in [0, 0.05) is 20.0 Å². The maximum atomic E-state index is 11.2. The van der Waals surface area contributed by atoms with E-state index in [1.54, 1.807) is 19.2 Å². The summed E-state index contributed by atoms with van der Waals surface area (Å²) in [6, 6.07) is 23.9. The topological polar surface area (TPSA) is 74.2 Å². The molecular formula is C27H30O6. The van der Waals surface area contributed by atoms with Crippen molar-refractivity contribution < 1.29 is 28.8 Å². The van der Waals surface area contributed by atoms with Crippen LogP contribution in [0.25, 0.3) is 0 Å². The molecule has 1 N–H and O–H groups in total. The van der Waals surface area contributed by atoms with Gasteiger partial charge in [0.25, 0.3) is 0 Å². The van der Waals surface area contributed by atoms with E-state index in [1.807, 2.05) is 24.3 Å². The average Bonchev–Trinajstić information content (AvgIpc) is 2.84. The normalized spacial score (nSPS) is 11.6. The van der Waals surface area contributed by atoms with E-state index in [1.165, 1.54) is 18.2 Å². The molecule has 3 rings (SSSR count). The molecule has 3 aromatic carbocycles. The van der Waals surface area contributed by atoms with E-state index in [4.69, 9.17) is 24.1 Å². The van der Waals surface area contributed by atoms with Gasteiger partial charge in [0.05, 0.1) is 20.3 Å². The van der Waals surface area contributed by atoms with Crippen LogP contribution in [0.4, 0.5) is 0 Å². The minimum Gasteiger partial charge on any atom is -0.493 e. The van der Waals surface area contributed by atoms with Crippen molar-refractivity contribution in [2.45, 2.75) is 25.4 Å². The molecule has 3 aromatic rings. The predicted octanol–water partition coefficient (Wildman–Crippen LogP) is 4.78. The lowest BCUT2D eigenvalue weighted by molar-refractivity contribution is -0.148. The fourth-order valence-corrected chi connectivity index (χ4v) is 3.41. The molecule has 1 atom stereocenters. The first-order chi connectivity index (χ1) is 16.1. The highest BCUT2D eigenvalue weighted by Gasteiger charge is 2.18. The van der Waals surface area contributed by atoms with E-state index in [9.17, 15) is 4.79 Å². The molecule has 0 saturated heterocycles. The molecule has 0 aromatic heterocycles. The van der Waals surface area contributed by atoms with E-state index in [-0.39, 0.29) is 6.42 Å². The number of methoxy groups -OCH3 is 2. The van der Waals surface area contributed by atoms with Crippen LogP contribution in [0.5, 0.6) is 17.2 Å². The highest BCUT2D eigenvalue weighted by molar-refractivity contribution is 5.72. The Morgan fingerprint density at radius 3 is 2.15 bits per heavy atom. The van der Waals surface area contributed by atoms with Gasteiger partial charge in [0.15, 0.2) is 17.6 Å². The van der Waals surface area contributed by atoms with Crippen molar-refractivity contribution in [1.29, 1.82) is 0 Å². The van der Waals surface area contributed by atoms with Crippen LogP contribution >= 0.6 is 0 Å². The SMILES string of the molecule is COc1cc(CC(OC)C(=O)O)ccc1OCCCOc1ccc(Cc2ccccc2)cc1. The molecule has 0 aliphatic rings. The summed E-state index contributed by atoms with van der Waals surface area (Å²) in [5.74, 6) is 1.00. The van der Waals surface area contributed by atoms with Crippen LogP contribution in [0, 0.1) is 0 Å². The second-order valence-corrected chi connectivity index (χ2v) is 7.61. The Bertz CT molecular complexity index is 1000. The molecule has 6 heteroatoms. The van der Waals surface area contributed by atoms with E-state index in [0.29, 0.717) is 31.1 Å². The number of hydrogen-bond acceptors (Lipinski definition) is 5. The first kappa shape index (κ1) is 24.1. The lowest BCUT2D eigenvalue weighted by Gasteiger charge is -2.14. The second kappa shape index (κ2) is 12.5. The summed E-state index contributed by atoms with van der Waals surface area (Å²) in [6.45, 7) is 1.00. The number of aliphatic carboxylic acids is 1. The minimum atomic E-state index is -0.998. The van der Waals surface area contributed by atoms with Crippen LogP contribution in [0.3, 0.4) is 0 Å². The van der Waals surface area contributed by atoms with Crippen molar-refractivity contribution >= 4 is 5.97 Å². The average molecular weight is 451 g/mol. The standard InChI is InChI=1S/C27H30O6/c1-30-25-18-22(19-26(31-2)27(28)29)11-14-24(25)33-16-6-15-32-23-12-9-21(10-13-23)17-20-7-4-3-5-8-20/h3-5,7-14,18,26H,6,15-17,19H2,1-2H3,(H,28,29). The predicted molar refractivity (Wildman–Crippen MR) is 126 cm³/mol. The number of carboxylic acid groups (broad SMARTS) is 1. The fourth-order valence-electron chi connectivity index (χ4n) is 3.41. The Kier molecular flexibility index (Phi) is 9.15. The molecule has 0 aliphatic carbocycles. The second-order valence-electron chi connectivity index (χ2n) is 7.61. The first-order valence-corrected chi connectivity index (χ1v) is 10.9. The summed E-state index contributed by atoms with van der Waals surface area (Å²) in [5.41, 5.74) is 3.33. The number of rotatable bonds is 13. The van der Waals surface area contributed by atoms with Gasteiger partial charge in [-0.25, -0.2) is 4.79 Å². The van der Waals surface area contributed by atoms with Gasteiger partial charge in [-0.05, 0) is 47.4 Å². The Morgan fingerprint density at radius 2 is 1.48 bits per heavy atom. The van der Waals surface area contributed by atoms with Crippen LogP contribution in [-0.2, 0) is 22.4 Å². The third kappa shape index (κ3) is 7.54. The summed E-state index contributed by atoms with van der Waals surface area (Å²) in [4.78, 5) is 11.2. The summed E-state index contributed by atoms with van der Waals surface area (Å²) in [7, 11) is 2.94. The molecular weight excluding hydrogens is 420 g/mol. The Labute approximate surface area is 194 Å². The third-order valence-corrected chi connectivity index (χ3v) is 5.20. The zero-order valence-electron chi connectivity index (χ0n) is 19.0. The number of carbonyl (C=O) groups is 1. The molecule has 0 heterocycles. The molecule has 0 aliphatic heterocycles. The summed E-state index contributed by atoms with van der Waals surface area (Å²) < 4.78 is 22.0. The molecule has 0 saturated carbocycles. The highest BCUT2D eigenvalue weighted by atomic mass is 16.5. The summed E-state index contributed by atoms with van der Waals surface area (Å²) in [5, 5.41) is 9.15. The van der Waals surface area contributed by atoms with Crippen LogP contribution in [0.1, 0.15) is 23.1 Å². The van der Waals surface area contributed by atoms with Crippen molar-refractivity contribution in [1.82, 2.24) is 0 Å². The van der Waals surface area contributed by atoms with Crippen LogP contribution < -0.4 is 14.2 Å². The van der Waals surface area contributed by atoms with Gasteiger partial charge in [-0.2, -0.15) is 0 Å².